The molecule has 2 rings (SSSR count). The van der Waals surface area contributed by atoms with Crippen LogP contribution in [0, 0.1) is 0 Å². The Kier molecular flexibility index (Phi) is 5.97. The van der Waals surface area contributed by atoms with Gasteiger partial charge in [0.05, 0.1) is 5.54 Å². The average Bonchev–Trinajstić information content (AvgIpc) is 2.96. The highest BCUT2D eigenvalue weighted by Gasteiger charge is 2.41. The Morgan fingerprint density at radius 1 is 1.33 bits per heavy atom. The van der Waals surface area contributed by atoms with Gasteiger partial charge in [-0.15, -0.1) is 0 Å². The summed E-state index contributed by atoms with van der Waals surface area (Å²) in [7, 11) is 0. The van der Waals surface area contributed by atoms with Crippen LogP contribution in [0.15, 0.2) is 0 Å². The second-order valence-corrected chi connectivity index (χ2v) is 8.11. The Balaban J connectivity index is 1.95. The van der Waals surface area contributed by atoms with Crippen LogP contribution in [0.1, 0.15) is 52.4 Å². The zero-order chi connectivity index (χ0) is 15.3. The number of carbonyl (C=O) groups is 1. The third kappa shape index (κ3) is 4.14. The van der Waals surface area contributed by atoms with Crippen molar-refractivity contribution in [3.05, 3.63) is 0 Å². The molecule has 1 amide bonds. The van der Waals surface area contributed by atoms with Crippen LogP contribution in [0.25, 0.3) is 0 Å². The van der Waals surface area contributed by atoms with Crippen molar-refractivity contribution in [3.63, 3.8) is 0 Å². The lowest BCUT2D eigenvalue weighted by atomic mass is 9.92. The van der Waals surface area contributed by atoms with Gasteiger partial charge in [-0.3, -0.25) is 9.69 Å². The molecule has 1 unspecified atom stereocenters. The van der Waals surface area contributed by atoms with Crippen molar-refractivity contribution < 1.29 is 4.79 Å². The molecule has 0 aromatic rings. The number of hydrogen-bond donors (Lipinski definition) is 2. The highest BCUT2D eigenvalue weighted by Crippen LogP contribution is 2.36. The fraction of sp³-hybridized carbons (Fsp3) is 0.938. The summed E-state index contributed by atoms with van der Waals surface area (Å²) in [6, 6.07) is 0. The Labute approximate surface area is 133 Å². The lowest BCUT2D eigenvalue weighted by Crippen LogP contribution is -2.60. The van der Waals surface area contributed by atoms with E-state index in [4.69, 9.17) is 5.73 Å². The van der Waals surface area contributed by atoms with E-state index >= 15 is 0 Å². The van der Waals surface area contributed by atoms with Gasteiger partial charge in [0, 0.05) is 36.7 Å². The molecule has 21 heavy (non-hydrogen) atoms. The van der Waals surface area contributed by atoms with E-state index in [-0.39, 0.29) is 11.4 Å². The number of rotatable bonds is 6. The predicted molar refractivity (Wildman–Crippen MR) is 90.6 cm³/mol. The highest BCUT2D eigenvalue weighted by atomic mass is 32.2. The molecule has 0 bridgehead atoms. The molecule has 0 radical (unpaired) electrons. The van der Waals surface area contributed by atoms with Crippen molar-refractivity contribution in [2.45, 2.75) is 63.5 Å². The van der Waals surface area contributed by atoms with Gasteiger partial charge in [0.25, 0.3) is 0 Å². The first-order valence-electron chi connectivity index (χ1n) is 8.40. The zero-order valence-electron chi connectivity index (χ0n) is 13.6. The normalized spacial score (nSPS) is 25.5. The summed E-state index contributed by atoms with van der Waals surface area (Å²) in [6.07, 6.45) is 6.68. The van der Waals surface area contributed by atoms with Gasteiger partial charge >= 0.3 is 0 Å². The molecule has 2 fully saturated rings. The summed E-state index contributed by atoms with van der Waals surface area (Å²) in [5.74, 6) is 2.46. The number of nitrogens with two attached hydrogens (primary N) is 1. The Bertz CT molecular complexity index is 347. The SMILES string of the molecule is CCCC(C)(N)C(=O)NCC1(N2CCSCC2)CCCC1. The molecule has 5 heteroatoms. The van der Waals surface area contributed by atoms with Crippen molar-refractivity contribution in [2.75, 3.05) is 31.1 Å². The number of thioether (sulfide) groups is 1. The minimum absolute atomic E-state index is 0.0157. The van der Waals surface area contributed by atoms with Gasteiger partial charge in [-0.05, 0) is 26.2 Å². The van der Waals surface area contributed by atoms with Crippen LogP contribution < -0.4 is 11.1 Å². The van der Waals surface area contributed by atoms with Crippen LogP contribution in [0.5, 0.6) is 0 Å². The standard InChI is InChI=1S/C16H31N3OS/c1-3-6-15(2,17)14(20)18-13-16(7-4-5-8-16)19-9-11-21-12-10-19/h3-13,17H2,1-2H3,(H,18,20). The molecule has 1 heterocycles. The van der Waals surface area contributed by atoms with Crippen LogP contribution >= 0.6 is 11.8 Å². The Morgan fingerprint density at radius 2 is 1.95 bits per heavy atom. The van der Waals surface area contributed by atoms with Gasteiger partial charge in [-0.1, -0.05) is 26.2 Å². The van der Waals surface area contributed by atoms with Gasteiger partial charge in [0.1, 0.15) is 0 Å². The molecule has 0 aromatic heterocycles. The third-order valence-corrected chi connectivity index (χ3v) is 6.02. The van der Waals surface area contributed by atoms with Crippen LogP contribution in [0.2, 0.25) is 0 Å². The van der Waals surface area contributed by atoms with Crippen LogP contribution in [0.4, 0.5) is 0 Å². The van der Waals surface area contributed by atoms with E-state index in [1.807, 2.05) is 18.7 Å². The van der Waals surface area contributed by atoms with E-state index in [0.717, 1.165) is 32.5 Å². The topological polar surface area (TPSA) is 58.4 Å². The average molecular weight is 314 g/mol. The van der Waals surface area contributed by atoms with Crippen molar-refractivity contribution >= 4 is 17.7 Å². The molecule has 2 aliphatic rings. The fourth-order valence-electron chi connectivity index (χ4n) is 3.76. The summed E-state index contributed by atoms with van der Waals surface area (Å²) >= 11 is 2.04. The number of nitrogens with zero attached hydrogens (tertiary/aromatic N) is 1. The van der Waals surface area contributed by atoms with E-state index in [9.17, 15) is 4.79 Å². The molecule has 3 N–H and O–H groups in total. The van der Waals surface area contributed by atoms with E-state index in [0.29, 0.717) is 0 Å². The van der Waals surface area contributed by atoms with Crippen LogP contribution in [0.3, 0.4) is 0 Å². The first-order chi connectivity index (χ1) is 10.0. The molecule has 0 aromatic carbocycles. The molecule has 122 valence electrons. The summed E-state index contributed by atoms with van der Waals surface area (Å²) in [5, 5.41) is 3.18. The molecule has 0 spiro atoms. The van der Waals surface area contributed by atoms with Gasteiger partial charge in [0.2, 0.25) is 5.91 Å². The lowest BCUT2D eigenvalue weighted by molar-refractivity contribution is -0.126. The van der Waals surface area contributed by atoms with Crippen LogP contribution in [-0.2, 0) is 4.79 Å². The van der Waals surface area contributed by atoms with E-state index < -0.39 is 5.54 Å². The zero-order valence-corrected chi connectivity index (χ0v) is 14.4. The van der Waals surface area contributed by atoms with Crippen molar-refractivity contribution in [1.29, 1.82) is 0 Å². The maximum Gasteiger partial charge on any atom is 0.239 e. The van der Waals surface area contributed by atoms with E-state index in [1.54, 1.807) is 0 Å². The van der Waals surface area contributed by atoms with Crippen molar-refractivity contribution in [3.8, 4) is 0 Å². The van der Waals surface area contributed by atoms with E-state index in [1.165, 1.54) is 37.2 Å². The summed E-state index contributed by atoms with van der Waals surface area (Å²) in [4.78, 5) is 15.0. The molecule has 1 atom stereocenters. The smallest absolute Gasteiger partial charge is 0.239 e. The Morgan fingerprint density at radius 3 is 2.52 bits per heavy atom. The van der Waals surface area contributed by atoms with Crippen molar-refractivity contribution in [2.24, 2.45) is 5.73 Å². The number of hydrogen-bond acceptors (Lipinski definition) is 4. The molecule has 1 saturated heterocycles. The van der Waals surface area contributed by atoms with Gasteiger partial charge in [-0.25, -0.2) is 0 Å². The summed E-state index contributed by atoms with van der Waals surface area (Å²) in [6.45, 7) is 7.02. The largest absolute Gasteiger partial charge is 0.353 e. The molecular formula is C16H31N3OS. The van der Waals surface area contributed by atoms with Gasteiger partial charge in [-0.2, -0.15) is 11.8 Å². The maximum absolute atomic E-state index is 12.4. The molecular weight excluding hydrogens is 282 g/mol. The minimum atomic E-state index is -0.730. The van der Waals surface area contributed by atoms with E-state index in [2.05, 4.69) is 17.1 Å². The number of nitrogens with one attached hydrogen (secondary N) is 1. The third-order valence-electron chi connectivity index (χ3n) is 5.08. The second-order valence-electron chi connectivity index (χ2n) is 6.88. The van der Waals surface area contributed by atoms with Gasteiger partial charge in [0.15, 0.2) is 0 Å². The first kappa shape index (κ1) is 17.1. The predicted octanol–water partition coefficient (Wildman–Crippen LogP) is 1.98. The highest BCUT2D eigenvalue weighted by molar-refractivity contribution is 7.99. The monoisotopic (exact) mass is 313 g/mol. The fourth-order valence-corrected chi connectivity index (χ4v) is 4.66. The summed E-state index contributed by atoms with van der Waals surface area (Å²) in [5.41, 5.74) is 5.61. The van der Waals surface area contributed by atoms with Crippen molar-refractivity contribution in [1.82, 2.24) is 10.2 Å². The quantitative estimate of drug-likeness (QED) is 0.787. The minimum Gasteiger partial charge on any atom is -0.353 e. The molecule has 1 aliphatic heterocycles. The maximum atomic E-state index is 12.4. The Hall–Kier alpha value is -0.260. The second kappa shape index (κ2) is 7.34. The van der Waals surface area contributed by atoms with Gasteiger partial charge < -0.3 is 11.1 Å². The molecule has 4 nitrogen and oxygen atoms in total. The first-order valence-corrected chi connectivity index (χ1v) is 9.56. The molecule has 1 saturated carbocycles. The van der Waals surface area contributed by atoms with Crippen LogP contribution in [-0.4, -0.2) is 53.0 Å². The number of amides is 1. The lowest BCUT2D eigenvalue weighted by Gasteiger charge is -2.44. The number of carbonyl (C=O) groups excluding carboxylic acids is 1. The molecule has 1 aliphatic carbocycles. The summed E-state index contributed by atoms with van der Waals surface area (Å²) < 4.78 is 0.